The maximum absolute atomic E-state index is 12.0. The number of ether oxygens (including phenoxy) is 1. The highest BCUT2D eigenvalue weighted by atomic mass is 16.5. The molecule has 1 unspecified atom stereocenters. The van der Waals surface area contributed by atoms with Gasteiger partial charge in [0.1, 0.15) is 12.6 Å². The highest BCUT2D eigenvalue weighted by Crippen LogP contribution is 2.09. The number of carbonyl (C=O) groups excluding carboxylic acids is 2. The Kier molecular flexibility index (Phi) is 6.73. The molecule has 7 nitrogen and oxygen atoms in total. The number of benzene rings is 2. The standard InChI is InChI=1S/C19H20N2O5/c20-15-8-6-13(7-9-15)12-26-19(25)21-16(18(23)24)10-11-17(22)14-4-2-1-3-5-14/h1-9,16H,10-12,20H2,(H,21,25)(H,23,24). The third kappa shape index (κ3) is 5.94. The first-order chi connectivity index (χ1) is 12.5. The fraction of sp³-hybridized carbons (Fsp3) is 0.211. The summed E-state index contributed by atoms with van der Waals surface area (Å²) in [6.07, 6.45) is -0.888. The molecule has 0 aliphatic rings. The van der Waals surface area contributed by atoms with Gasteiger partial charge >= 0.3 is 12.1 Å². The summed E-state index contributed by atoms with van der Waals surface area (Å²) in [5.74, 6) is -1.41. The van der Waals surface area contributed by atoms with E-state index in [1.165, 1.54) is 0 Å². The number of Topliss-reactive ketones (excluding diaryl/α,β-unsaturated/α-hetero) is 1. The van der Waals surface area contributed by atoms with Gasteiger partial charge in [0, 0.05) is 17.7 Å². The van der Waals surface area contributed by atoms with E-state index in [1.54, 1.807) is 54.6 Å². The zero-order valence-corrected chi connectivity index (χ0v) is 14.1. The van der Waals surface area contributed by atoms with Crippen LogP contribution in [-0.2, 0) is 16.1 Å². The minimum Gasteiger partial charge on any atom is -0.480 e. The highest BCUT2D eigenvalue weighted by Gasteiger charge is 2.22. The van der Waals surface area contributed by atoms with Crippen LogP contribution in [0.15, 0.2) is 54.6 Å². The highest BCUT2D eigenvalue weighted by molar-refractivity contribution is 5.96. The molecule has 4 N–H and O–H groups in total. The van der Waals surface area contributed by atoms with E-state index in [9.17, 15) is 19.5 Å². The maximum Gasteiger partial charge on any atom is 0.408 e. The van der Waals surface area contributed by atoms with E-state index >= 15 is 0 Å². The van der Waals surface area contributed by atoms with Crippen LogP contribution in [0.3, 0.4) is 0 Å². The van der Waals surface area contributed by atoms with Crippen molar-refractivity contribution in [2.24, 2.45) is 0 Å². The Morgan fingerprint density at radius 2 is 1.69 bits per heavy atom. The first-order valence-corrected chi connectivity index (χ1v) is 8.04. The molecule has 0 aliphatic carbocycles. The van der Waals surface area contributed by atoms with Gasteiger partial charge in [-0.2, -0.15) is 0 Å². The summed E-state index contributed by atoms with van der Waals surface area (Å²) >= 11 is 0. The molecule has 0 fully saturated rings. The molecule has 2 aromatic rings. The molecule has 2 aromatic carbocycles. The first kappa shape index (κ1) is 19.0. The molecule has 0 aliphatic heterocycles. The molecule has 0 saturated carbocycles. The molecule has 2 rings (SSSR count). The second kappa shape index (κ2) is 9.22. The molecule has 0 heterocycles. The number of rotatable bonds is 8. The lowest BCUT2D eigenvalue weighted by atomic mass is 10.0. The minimum atomic E-state index is -1.23. The summed E-state index contributed by atoms with van der Waals surface area (Å²) < 4.78 is 5.00. The normalized spacial score (nSPS) is 11.4. The number of nitrogen functional groups attached to an aromatic ring is 1. The second-order valence-electron chi connectivity index (χ2n) is 5.68. The Hall–Kier alpha value is -3.35. The minimum absolute atomic E-state index is 0.000772. The van der Waals surface area contributed by atoms with Crippen LogP contribution in [0, 0.1) is 0 Å². The molecular weight excluding hydrogens is 336 g/mol. The Labute approximate surface area is 150 Å². The summed E-state index contributed by atoms with van der Waals surface area (Å²) in [4.78, 5) is 35.2. The Balaban J connectivity index is 1.83. The van der Waals surface area contributed by atoms with E-state index in [-0.39, 0.29) is 25.2 Å². The van der Waals surface area contributed by atoms with Crippen LogP contribution in [-0.4, -0.2) is 29.0 Å². The predicted molar refractivity (Wildman–Crippen MR) is 95.6 cm³/mol. The van der Waals surface area contributed by atoms with Gasteiger partial charge in [-0.1, -0.05) is 42.5 Å². The number of nitrogens with two attached hydrogens (primary N) is 1. The summed E-state index contributed by atoms with van der Waals surface area (Å²) in [5.41, 5.74) is 7.38. The number of nitrogens with one attached hydrogen (secondary N) is 1. The number of carbonyl (C=O) groups is 3. The number of alkyl carbamates (subject to hydrolysis) is 1. The third-order valence-corrected chi connectivity index (χ3v) is 3.70. The van der Waals surface area contributed by atoms with Gasteiger partial charge in [0.25, 0.3) is 0 Å². The van der Waals surface area contributed by atoms with E-state index in [0.717, 1.165) is 5.56 Å². The van der Waals surface area contributed by atoms with Crippen molar-refractivity contribution in [2.45, 2.75) is 25.5 Å². The zero-order valence-electron chi connectivity index (χ0n) is 14.1. The molecule has 0 aromatic heterocycles. The van der Waals surface area contributed by atoms with Crippen molar-refractivity contribution < 1.29 is 24.2 Å². The zero-order chi connectivity index (χ0) is 18.9. The number of hydrogen-bond donors (Lipinski definition) is 3. The monoisotopic (exact) mass is 356 g/mol. The van der Waals surface area contributed by atoms with Crippen molar-refractivity contribution in [3.05, 3.63) is 65.7 Å². The van der Waals surface area contributed by atoms with E-state index in [0.29, 0.717) is 11.3 Å². The number of aliphatic carboxylic acids is 1. The quantitative estimate of drug-likeness (QED) is 0.494. The van der Waals surface area contributed by atoms with E-state index in [4.69, 9.17) is 10.5 Å². The van der Waals surface area contributed by atoms with Crippen LogP contribution >= 0.6 is 0 Å². The Morgan fingerprint density at radius 3 is 2.31 bits per heavy atom. The number of anilines is 1. The number of hydrogen-bond acceptors (Lipinski definition) is 5. The molecule has 0 saturated heterocycles. The smallest absolute Gasteiger partial charge is 0.408 e. The molecule has 1 atom stereocenters. The number of ketones is 1. The number of amides is 1. The van der Waals surface area contributed by atoms with Gasteiger partial charge in [-0.15, -0.1) is 0 Å². The molecule has 0 radical (unpaired) electrons. The molecule has 0 spiro atoms. The van der Waals surface area contributed by atoms with E-state index < -0.39 is 18.1 Å². The second-order valence-corrected chi connectivity index (χ2v) is 5.68. The molecule has 1 amide bonds. The molecule has 136 valence electrons. The lowest BCUT2D eigenvalue weighted by molar-refractivity contribution is -0.139. The van der Waals surface area contributed by atoms with Gasteiger partial charge in [-0.25, -0.2) is 9.59 Å². The van der Waals surface area contributed by atoms with Crippen LogP contribution in [0.4, 0.5) is 10.5 Å². The van der Waals surface area contributed by atoms with E-state index in [2.05, 4.69) is 5.32 Å². The van der Waals surface area contributed by atoms with Gasteiger partial charge in [-0.05, 0) is 24.1 Å². The summed E-state index contributed by atoms with van der Waals surface area (Å²) in [7, 11) is 0. The lowest BCUT2D eigenvalue weighted by Gasteiger charge is -2.14. The average molecular weight is 356 g/mol. The van der Waals surface area contributed by atoms with Crippen LogP contribution in [0.2, 0.25) is 0 Å². The van der Waals surface area contributed by atoms with Crippen molar-refractivity contribution in [3.8, 4) is 0 Å². The van der Waals surface area contributed by atoms with Crippen molar-refractivity contribution in [2.75, 3.05) is 5.73 Å². The van der Waals surface area contributed by atoms with Crippen molar-refractivity contribution in [1.82, 2.24) is 5.32 Å². The van der Waals surface area contributed by atoms with Gasteiger partial charge in [-0.3, -0.25) is 4.79 Å². The van der Waals surface area contributed by atoms with Gasteiger partial charge in [0.05, 0.1) is 0 Å². The van der Waals surface area contributed by atoms with Crippen LogP contribution in [0.25, 0.3) is 0 Å². The largest absolute Gasteiger partial charge is 0.480 e. The first-order valence-electron chi connectivity index (χ1n) is 8.04. The Bertz CT molecular complexity index is 759. The third-order valence-electron chi connectivity index (χ3n) is 3.70. The predicted octanol–water partition coefficient (Wildman–Crippen LogP) is 2.61. The Morgan fingerprint density at radius 1 is 1.04 bits per heavy atom. The SMILES string of the molecule is Nc1ccc(COC(=O)NC(CCC(=O)c2ccccc2)C(=O)O)cc1. The lowest BCUT2D eigenvalue weighted by Crippen LogP contribution is -2.41. The van der Waals surface area contributed by atoms with Crippen molar-refractivity contribution >= 4 is 23.5 Å². The van der Waals surface area contributed by atoms with Crippen molar-refractivity contribution in [3.63, 3.8) is 0 Å². The molecular formula is C19H20N2O5. The maximum atomic E-state index is 12.0. The average Bonchev–Trinajstić information content (AvgIpc) is 2.64. The van der Waals surface area contributed by atoms with Gasteiger partial charge in [0.2, 0.25) is 0 Å². The summed E-state index contributed by atoms with van der Waals surface area (Å²) in [6.45, 7) is -0.0125. The number of carboxylic acids is 1. The molecule has 26 heavy (non-hydrogen) atoms. The van der Waals surface area contributed by atoms with Gasteiger partial charge < -0.3 is 20.9 Å². The van der Waals surface area contributed by atoms with E-state index in [1.807, 2.05) is 0 Å². The fourth-order valence-corrected chi connectivity index (χ4v) is 2.25. The summed E-state index contributed by atoms with van der Waals surface area (Å²) in [6, 6.07) is 14.1. The van der Waals surface area contributed by atoms with Crippen LogP contribution in [0.5, 0.6) is 0 Å². The summed E-state index contributed by atoms with van der Waals surface area (Å²) in [5, 5.41) is 11.5. The van der Waals surface area contributed by atoms with Crippen LogP contribution in [0.1, 0.15) is 28.8 Å². The molecule has 0 bridgehead atoms. The molecule has 7 heteroatoms. The number of carboxylic acid groups (broad SMARTS) is 1. The van der Waals surface area contributed by atoms with Crippen molar-refractivity contribution in [1.29, 1.82) is 0 Å². The fourth-order valence-electron chi connectivity index (χ4n) is 2.25. The van der Waals surface area contributed by atoms with Gasteiger partial charge in [0.15, 0.2) is 5.78 Å². The topological polar surface area (TPSA) is 119 Å². The van der Waals surface area contributed by atoms with Crippen LogP contribution < -0.4 is 11.1 Å².